The van der Waals surface area contributed by atoms with E-state index in [2.05, 4.69) is 10.4 Å². The van der Waals surface area contributed by atoms with Crippen LogP contribution in [-0.4, -0.2) is 33.2 Å². The zero-order valence-corrected chi connectivity index (χ0v) is 17.7. The molecule has 3 rings (SSSR count). The maximum absolute atomic E-state index is 13.1. The Morgan fingerprint density at radius 1 is 1.17 bits per heavy atom. The highest BCUT2D eigenvalue weighted by Gasteiger charge is 2.19. The Morgan fingerprint density at radius 3 is 2.47 bits per heavy atom. The third-order valence-electron chi connectivity index (χ3n) is 4.64. The summed E-state index contributed by atoms with van der Waals surface area (Å²) in [5, 5.41) is 8.07. The maximum atomic E-state index is 13.1. The second-order valence-electron chi connectivity index (χ2n) is 7.71. The van der Waals surface area contributed by atoms with Gasteiger partial charge in [-0.15, -0.1) is 0 Å². The predicted octanol–water partition coefficient (Wildman–Crippen LogP) is 3.64. The van der Waals surface area contributed by atoms with Crippen LogP contribution in [0.5, 0.6) is 5.75 Å². The molecule has 0 aliphatic heterocycles. The molecule has 0 saturated heterocycles. The number of nitrogens with two attached hydrogens (primary N) is 1. The van der Waals surface area contributed by atoms with Crippen molar-refractivity contribution < 1.29 is 14.3 Å². The third-order valence-corrected chi connectivity index (χ3v) is 4.64. The molecule has 3 aromatic rings. The fourth-order valence-electron chi connectivity index (χ4n) is 3.00. The second-order valence-corrected chi connectivity index (χ2v) is 7.71. The van der Waals surface area contributed by atoms with E-state index < -0.39 is 5.91 Å². The Labute approximate surface area is 175 Å². The Balaban J connectivity index is 1.83. The van der Waals surface area contributed by atoms with Crippen molar-refractivity contribution in [1.29, 1.82) is 0 Å². The summed E-state index contributed by atoms with van der Waals surface area (Å²) in [7, 11) is 0. The van der Waals surface area contributed by atoms with Crippen LogP contribution in [-0.2, 0) is 4.79 Å². The van der Waals surface area contributed by atoms with Crippen LogP contribution in [0.4, 0.5) is 5.69 Å². The number of rotatable bonds is 8. The van der Waals surface area contributed by atoms with Crippen LogP contribution >= 0.6 is 0 Å². The fourth-order valence-corrected chi connectivity index (χ4v) is 3.00. The Kier molecular flexibility index (Phi) is 6.34. The molecule has 1 aromatic carbocycles. The highest BCUT2D eigenvalue weighted by atomic mass is 16.5. The van der Waals surface area contributed by atoms with Gasteiger partial charge in [0.25, 0.3) is 5.91 Å². The van der Waals surface area contributed by atoms with Crippen LogP contribution in [0, 0.1) is 0 Å². The summed E-state index contributed by atoms with van der Waals surface area (Å²) in [5.41, 5.74) is 7.82. The minimum absolute atomic E-state index is 0.135. The van der Waals surface area contributed by atoms with E-state index in [4.69, 9.17) is 15.5 Å². The van der Waals surface area contributed by atoms with Crippen LogP contribution < -0.4 is 15.8 Å². The van der Waals surface area contributed by atoms with Gasteiger partial charge in [-0.1, -0.05) is 13.8 Å². The lowest BCUT2D eigenvalue weighted by Crippen LogP contribution is -2.15. The van der Waals surface area contributed by atoms with E-state index in [1.165, 1.54) is 0 Å². The van der Waals surface area contributed by atoms with Crippen molar-refractivity contribution in [2.45, 2.75) is 46.1 Å². The lowest BCUT2D eigenvalue weighted by atomic mass is 10.0. The van der Waals surface area contributed by atoms with Gasteiger partial charge in [0.1, 0.15) is 5.75 Å². The number of benzene rings is 1. The van der Waals surface area contributed by atoms with E-state index in [9.17, 15) is 9.59 Å². The monoisotopic (exact) mass is 409 g/mol. The van der Waals surface area contributed by atoms with Gasteiger partial charge in [0.15, 0.2) is 5.65 Å². The molecule has 2 aromatic heterocycles. The van der Waals surface area contributed by atoms with Crippen molar-refractivity contribution in [1.82, 2.24) is 14.8 Å². The van der Waals surface area contributed by atoms with E-state index >= 15 is 0 Å². The maximum Gasteiger partial charge on any atom is 0.256 e. The number of ether oxygens (including phenoxy) is 1. The summed E-state index contributed by atoms with van der Waals surface area (Å²) in [6, 6.07) is 8.92. The van der Waals surface area contributed by atoms with Crippen LogP contribution in [0.1, 0.15) is 62.1 Å². The van der Waals surface area contributed by atoms with Crippen LogP contribution in [0.2, 0.25) is 0 Å². The number of hydrogen-bond acceptors (Lipinski definition) is 5. The van der Waals surface area contributed by atoms with Gasteiger partial charge in [-0.05, 0) is 50.1 Å². The van der Waals surface area contributed by atoms with E-state index in [0.29, 0.717) is 22.6 Å². The average Bonchev–Trinajstić information content (AvgIpc) is 3.12. The van der Waals surface area contributed by atoms with E-state index in [1.807, 2.05) is 38.4 Å². The van der Waals surface area contributed by atoms with Crippen molar-refractivity contribution in [2.75, 3.05) is 11.9 Å². The highest BCUT2D eigenvalue weighted by molar-refractivity contribution is 6.12. The van der Waals surface area contributed by atoms with Crippen molar-refractivity contribution in [3.63, 3.8) is 0 Å². The average molecular weight is 409 g/mol. The number of carbonyl (C=O) groups excluding carboxylic acids is 2. The number of primary amides is 1. The largest absolute Gasteiger partial charge is 0.493 e. The van der Waals surface area contributed by atoms with Gasteiger partial charge >= 0.3 is 0 Å². The molecule has 3 N–H and O–H groups in total. The normalized spacial score (nSPS) is 11.3. The quantitative estimate of drug-likeness (QED) is 0.590. The van der Waals surface area contributed by atoms with E-state index in [1.54, 1.807) is 30.5 Å². The lowest BCUT2D eigenvalue weighted by Gasteiger charge is -2.12. The van der Waals surface area contributed by atoms with Crippen molar-refractivity contribution in [2.24, 2.45) is 5.73 Å². The molecule has 0 atom stereocenters. The number of fused-ring (bicyclic) bond motifs is 1. The topological polar surface area (TPSA) is 112 Å². The standard InChI is InChI=1S/C22H27N5O3/c1-13(2)19-11-17(18-12-24-27(14(3)4)21(18)26-19)22(29)25-15-5-7-16(8-6-15)30-10-9-20(23)28/h5-8,11-14H,9-10H2,1-4H3,(H2,23,28)(H,25,29). The van der Waals surface area contributed by atoms with Crippen molar-refractivity contribution in [3.8, 4) is 5.75 Å². The molecule has 0 aliphatic rings. The van der Waals surface area contributed by atoms with Crippen LogP contribution in [0.3, 0.4) is 0 Å². The first-order valence-corrected chi connectivity index (χ1v) is 9.97. The first-order chi connectivity index (χ1) is 14.3. The zero-order chi connectivity index (χ0) is 21.8. The van der Waals surface area contributed by atoms with Gasteiger partial charge in [-0.3, -0.25) is 9.59 Å². The predicted molar refractivity (Wildman–Crippen MR) is 116 cm³/mol. The molecule has 0 bridgehead atoms. The molecule has 158 valence electrons. The lowest BCUT2D eigenvalue weighted by molar-refractivity contribution is -0.118. The Bertz CT molecular complexity index is 1050. The van der Waals surface area contributed by atoms with Gasteiger partial charge in [-0.2, -0.15) is 5.10 Å². The van der Waals surface area contributed by atoms with Gasteiger partial charge in [0.05, 0.1) is 30.2 Å². The van der Waals surface area contributed by atoms with E-state index in [-0.39, 0.29) is 30.9 Å². The Morgan fingerprint density at radius 2 is 1.87 bits per heavy atom. The molecule has 0 unspecified atom stereocenters. The number of pyridine rings is 1. The van der Waals surface area contributed by atoms with E-state index in [0.717, 1.165) is 11.1 Å². The molecule has 0 aliphatic carbocycles. The number of nitrogens with zero attached hydrogens (tertiary/aromatic N) is 3. The number of amides is 2. The summed E-state index contributed by atoms with van der Waals surface area (Å²) in [6.45, 7) is 8.37. The second kappa shape index (κ2) is 8.94. The van der Waals surface area contributed by atoms with Crippen LogP contribution in [0.25, 0.3) is 11.0 Å². The van der Waals surface area contributed by atoms with Gasteiger partial charge in [0, 0.05) is 17.4 Å². The zero-order valence-electron chi connectivity index (χ0n) is 17.7. The number of hydrogen-bond donors (Lipinski definition) is 2. The molecule has 0 spiro atoms. The summed E-state index contributed by atoms with van der Waals surface area (Å²) in [5.74, 6) is 0.133. The molecule has 8 heteroatoms. The summed E-state index contributed by atoms with van der Waals surface area (Å²) < 4.78 is 7.28. The fraction of sp³-hybridized carbons (Fsp3) is 0.364. The number of carbonyl (C=O) groups is 2. The summed E-state index contributed by atoms with van der Waals surface area (Å²) in [6.07, 6.45) is 1.84. The SMILES string of the molecule is CC(C)c1cc(C(=O)Nc2ccc(OCCC(N)=O)cc2)c2cnn(C(C)C)c2n1. The third kappa shape index (κ3) is 4.76. The smallest absolute Gasteiger partial charge is 0.256 e. The summed E-state index contributed by atoms with van der Waals surface area (Å²) >= 11 is 0. The molecule has 2 amide bonds. The number of anilines is 1. The van der Waals surface area contributed by atoms with Crippen molar-refractivity contribution in [3.05, 3.63) is 47.8 Å². The number of nitrogens with one attached hydrogen (secondary N) is 1. The first-order valence-electron chi connectivity index (χ1n) is 9.97. The summed E-state index contributed by atoms with van der Waals surface area (Å²) in [4.78, 5) is 28.6. The minimum Gasteiger partial charge on any atom is -0.493 e. The molecule has 2 heterocycles. The molecule has 30 heavy (non-hydrogen) atoms. The van der Waals surface area contributed by atoms with Crippen LogP contribution in [0.15, 0.2) is 36.5 Å². The Hall–Kier alpha value is -3.42. The minimum atomic E-state index is -0.413. The molecular formula is C22H27N5O3. The highest BCUT2D eigenvalue weighted by Crippen LogP contribution is 2.25. The van der Waals surface area contributed by atoms with Gasteiger partial charge < -0.3 is 15.8 Å². The van der Waals surface area contributed by atoms with Gasteiger partial charge in [0.2, 0.25) is 5.91 Å². The molecule has 0 radical (unpaired) electrons. The van der Waals surface area contributed by atoms with Crippen molar-refractivity contribution >= 4 is 28.5 Å². The first kappa shape index (κ1) is 21.3. The molecule has 0 saturated carbocycles. The van der Waals surface area contributed by atoms with Gasteiger partial charge in [-0.25, -0.2) is 9.67 Å². The molecule has 8 nitrogen and oxygen atoms in total. The molecule has 0 fully saturated rings. The molecular weight excluding hydrogens is 382 g/mol. The number of aromatic nitrogens is 3.